The minimum atomic E-state index is -5.00. The number of aliphatic hydroxyl groups is 2. The Morgan fingerprint density at radius 2 is 1.65 bits per heavy atom. The van der Waals surface area contributed by atoms with Crippen molar-refractivity contribution in [3.63, 3.8) is 0 Å². The summed E-state index contributed by atoms with van der Waals surface area (Å²) in [7, 11) is -5.00. The van der Waals surface area contributed by atoms with Gasteiger partial charge in [0, 0.05) is 5.56 Å². The highest BCUT2D eigenvalue weighted by molar-refractivity contribution is 7.47. The lowest BCUT2D eigenvalue weighted by molar-refractivity contribution is -0.0504. The summed E-state index contributed by atoms with van der Waals surface area (Å²) in [6, 6.07) is -1.19. The Morgan fingerprint density at radius 3 is 2.44 bits per heavy atom. The molecule has 0 saturated carbocycles. The molecule has 2 bridgehead atoms. The highest BCUT2D eigenvalue weighted by Crippen LogP contribution is 2.50. The number of phosphoric ester groups is 1. The smallest absolute Gasteiger partial charge is 0.388 e. The van der Waals surface area contributed by atoms with E-state index in [2.05, 4.69) is 35.2 Å². The van der Waals surface area contributed by atoms with Crippen molar-refractivity contribution in [1.29, 1.82) is 0 Å². The number of nitrogens with one attached hydrogen (secondary N) is 2. The number of hydrogen-bond donors (Lipinski definition) is 7. The summed E-state index contributed by atoms with van der Waals surface area (Å²) in [6.45, 7) is -0.717. The van der Waals surface area contributed by atoms with E-state index < -0.39 is 79.9 Å². The van der Waals surface area contributed by atoms with Crippen LogP contribution in [0.5, 0.6) is 0 Å². The standard InChI is InChI=1S/C25H26N11O11P/c26-19-12-20(29-4-28-19)35(5-30-12)24-17(40)18-8(45-24)2-1-7-10(16(39)14(7)37)32-11-15(38)9(3-44-48(42,43)47-18)46-23(11)36-6-31-13-21(36)33-25(27)34-22(13)41/h4-6,8-9,11,15,17-18,23-24,32,38,40H,1-3H2,(H,42,43)(H2,26,28,29)(H3,27,33,34,41)/t8-,9-,11+,15?,17+,18?,23-,24-/m1/s1. The van der Waals surface area contributed by atoms with Gasteiger partial charge in [-0.1, -0.05) is 0 Å². The molecule has 1 aromatic carbocycles. The Kier molecular flexibility index (Phi) is 6.98. The normalized spacial score (nSPS) is 32.6. The fourth-order valence-corrected chi connectivity index (χ4v) is 7.37. The number of imidazole rings is 2. The van der Waals surface area contributed by atoms with Crippen molar-refractivity contribution in [3.05, 3.63) is 55.3 Å². The van der Waals surface area contributed by atoms with Crippen molar-refractivity contribution in [3.8, 4) is 0 Å². The monoisotopic (exact) mass is 687 g/mol. The number of anilines is 3. The third-order valence-corrected chi connectivity index (χ3v) is 9.71. The largest absolute Gasteiger partial charge is 0.472 e. The van der Waals surface area contributed by atoms with E-state index in [0.29, 0.717) is 0 Å². The molecular formula is C25H26N11O11P. The topological polar surface area (TPSA) is 320 Å². The molecule has 9 N–H and O–H groups in total. The van der Waals surface area contributed by atoms with Gasteiger partial charge in [0.2, 0.25) is 16.8 Å². The van der Waals surface area contributed by atoms with Gasteiger partial charge in [-0.3, -0.25) is 37.5 Å². The van der Waals surface area contributed by atoms with Crippen LogP contribution in [0.4, 0.5) is 17.5 Å². The first-order chi connectivity index (χ1) is 22.9. The van der Waals surface area contributed by atoms with Crippen LogP contribution >= 0.6 is 7.82 Å². The Hall–Kier alpha value is -4.67. The van der Waals surface area contributed by atoms with Gasteiger partial charge in [0.15, 0.2) is 35.1 Å². The quantitative estimate of drug-likeness (QED) is 0.0726. The fraction of sp³-hybridized carbons (Fsp3) is 0.440. The van der Waals surface area contributed by atoms with E-state index in [1.807, 2.05) is 0 Å². The number of rotatable bonds is 2. The number of H-pyrrole nitrogens is 1. The number of aliphatic hydroxyl groups excluding tert-OH is 2. The van der Waals surface area contributed by atoms with Crippen molar-refractivity contribution >= 4 is 47.6 Å². The zero-order valence-corrected chi connectivity index (χ0v) is 25.2. The number of aromatic nitrogens is 8. The molecule has 0 radical (unpaired) electrons. The number of nitrogens with two attached hydrogens (primary N) is 2. The lowest BCUT2D eigenvalue weighted by Crippen LogP contribution is -2.46. The van der Waals surface area contributed by atoms with Crippen LogP contribution in [0, 0.1) is 0 Å². The number of nitrogens with zero attached hydrogens (tertiary/aromatic N) is 7. The predicted octanol–water partition coefficient (Wildman–Crippen LogP) is -2.83. The van der Waals surface area contributed by atoms with Crippen molar-refractivity contribution in [2.75, 3.05) is 23.4 Å². The fourth-order valence-electron chi connectivity index (χ4n) is 6.41. The lowest BCUT2D eigenvalue weighted by Gasteiger charge is -2.27. The molecular weight excluding hydrogens is 661 g/mol. The highest BCUT2D eigenvalue weighted by atomic mass is 31.2. The number of ether oxygens (including phenoxy) is 2. The van der Waals surface area contributed by atoms with Gasteiger partial charge in [0.25, 0.3) is 5.56 Å². The van der Waals surface area contributed by atoms with Gasteiger partial charge in [-0.15, -0.1) is 0 Å². The Bertz CT molecular complexity index is 2260. The summed E-state index contributed by atoms with van der Waals surface area (Å²) in [5, 5.41) is 25.6. The summed E-state index contributed by atoms with van der Waals surface area (Å²) in [5.41, 5.74) is 9.60. The second-order valence-electron chi connectivity index (χ2n) is 11.5. The minimum Gasteiger partial charge on any atom is -0.388 e. The van der Waals surface area contributed by atoms with Crippen molar-refractivity contribution in [1.82, 2.24) is 39.0 Å². The summed E-state index contributed by atoms with van der Waals surface area (Å²) < 4.78 is 38.7. The molecule has 0 spiro atoms. The number of phosphoric acid groups is 1. The predicted molar refractivity (Wildman–Crippen MR) is 160 cm³/mol. The van der Waals surface area contributed by atoms with Gasteiger partial charge in [-0.2, -0.15) is 4.98 Å². The zero-order valence-electron chi connectivity index (χ0n) is 24.3. The molecule has 2 saturated heterocycles. The van der Waals surface area contributed by atoms with Crippen LogP contribution in [0.1, 0.15) is 24.4 Å². The second-order valence-corrected chi connectivity index (χ2v) is 12.9. The van der Waals surface area contributed by atoms with Crippen LogP contribution in [-0.4, -0.2) is 97.3 Å². The van der Waals surface area contributed by atoms with Crippen LogP contribution in [0.2, 0.25) is 0 Å². The number of aromatic amines is 1. The van der Waals surface area contributed by atoms with Gasteiger partial charge in [0.05, 0.1) is 31.1 Å². The van der Waals surface area contributed by atoms with Gasteiger partial charge in [0.1, 0.15) is 42.3 Å². The zero-order chi connectivity index (χ0) is 33.6. The molecule has 252 valence electrons. The molecule has 22 nitrogen and oxygen atoms in total. The maximum absolute atomic E-state index is 13.3. The van der Waals surface area contributed by atoms with E-state index in [1.54, 1.807) is 0 Å². The first kappa shape index (κ1) is 30.7. The summed E-state index contributed by atoms with van der Waals surface area (Å²) in [4.78, 5) is 71.5. The molecule has 8 rings (SSSR count). The highest BCUT2D eigenvalue weighted by Gasteiger charge is 2.51. The van der Waals surface area contributed by atoms with Crippen LogP contribution < -0.4 is 33.2 Å². The lowest BCUT2D eigenvalue weighted by atomic mass is 9.96. The molecule has 0 aliphatic carbocycles. The van der Waals surface area contributed by atoms with Crippen molar-refractivity contribution in [2.24, 2.45) is 0 Å². The van der Waals surface area contributed by atoms with E-state index in [1.165, 1.54) is 28.1 Å². The van der Waals surface area contributed by atoms with E-state index in [0.717, 1.165) is 0 Å². The summed E-state index contributed by atoms with van der Waals surface area (Å²) in [5.74, 6) is -0.153. The molecule has 3 aliphatic heterocycles. The SMILES string of the molecule is Nc1nc2c(ncn2[C@@H]2O[C@@H]3COP(=O)(O)OC4[C@@H](CCc5c(c(=O)c5=O)N[C@H]2C3O)O[C@@H](n2cnc3c(N)ncnc32)[C@H]4O)c(=O)[nH]1. The number of hydrogen-bond acceptors (Lipinski definition) is 18. The first-order valence-electron chi connectivity index (χ1n) is 14.5. The molecule has 9 atom stereocenters. The van der Waals surface area contributed by atoms with Crippen LogP contribution in [0.25, 0.3) is 22.3 Å². The molecule has 7 heterocycles. The molecule has 3 aliphatic rings. The van der Waals surface area contributed by atoms with Gasteiger partial charge in [-0.25, -0.2) is 24.5 Å². The van der Waals surface area contributed by atoms with Gasteiger partial charge >= 0.3 is 7.82 Å². The number of fused-ring (bicyclic) bond motifs is 6. The third kappa shape index (κ3) is 4.72. The average molecular weight is 688 g/mol. The minimum absolute atomic E-state index is 0.0190. The van der Waals surface area contributed by atoms with Crippen LogP contribution in [0.15, 0.2) is 33.4 Å². The Labute approximate surface area is 265 Å². The van der Waals surface area contributed by atoms with Crippen LogP contribution in [0.3, 0.4) is 0 Å². The maximum atomic E-state index is 13.3. The van der Waals surface area contributed by atoms with Gasteiger partial charge in [-0.05, 0) is 12.8 Å². The Balaban J connectivity index is 1.15. The van der Waals surface area contributed by atoms with E-state index >= 15 is 0 Å². The Morgan fingerprint density at radius 1 is 0.917 bits per heavy atom. The summed E-state index contributed by atoms with van der Waals surface area (Å²) in [6.07, 6.45) is -5.99. The molecule has 0 amide bonds. The molecule has 48 heavy (non-hydrogen) atoms. The second kappa shape index (κ2) is 10.9. The van der Waals surface area contributed by atoms with E-state index in [4.69, 9.17) is 30.0 Å². The molecule has 3 unspecified atom stereocenters. The van der Waals surface area contributed by atoms with Gasteiger partial charge < -0.3 is 41.4 Å². The van der Waals surface area contributed by atoms with E-state index in [-0.39, 0.29) is 58.2 Å². The van der Waals surface area contributed by atoms with Crippen molar-refractivity contribution < 1.29 is 38.2 Å². The first-order valence-corrected chi connectivity index (χ1v) is 16.0. The maximum Gasteiger partial charge on any atom is 0.472 e. The number of nitrogen functional groups attached to an aromatic ring is 2. The molecule has 4 aromatic heterocycles. The van der Waals surface area contributed by atoms with Crippen molar-refractivity contribution in [2.45, 2.75) is 61.9 Å². The average Bonchev–Trinajstić information content (AvgIpc) is 3.80. The van der Waals surface area contributed by atoms with E-state index in [9.17, 15) is 34.1 Å². The summed E-state index contributed by atoms with van der Waals surface area (Å²) >= 11 is 0. The van der Waals surface area contributed by atoms with Crippen LogP contribution in [-0.2, 0) is 29.5 Å². The molecule has 5 aromatic rings. The third-order valence-electron chi connectivity index (χ3n) is 8.72. The molecule has 2 fully saturated rings. The molecule has 23 heteroatoms.